The maximum absolute atomic E-state index is 12.2. The van der Waals surface area contributed by atoms with E-state index >= 15 is 0 Å². The number of benzene rings is 1. The Morgan fingerprint density at radius 1 is 1.47 bits per heavy atom. The van der Waals surface area contributed by atoms with E-state index in [0.717, 1.165) is 35.8 Å². The zero-order valence-electron chi connectivity index (χ0n) is 10.3. The molecule has 0 saturated carbocycles. The molecule has 0 spiro atoms. The van der Waals surface area contributed by atoms with Gasteiger partial charge in [0.2, 0.25) is 0 Å². The van der Waals surface area contributed by atoms with Gasteiger partial charge in [-0.2, -0.15) is 0 Å². The third-order valence-electron chi connectivity index (χ3n) is 3.23. The van der Waals surface area contributed by atoms with E-state index in [1.807, 2.05) is 32.0 Å². The Balaban J connectivity index is 2.27. The van der Waals surface area contributed by atoms with Gasteiger partial charge in [-0.1, -0.05) is 31.0 Å². The maximum atomic E-state index is 12.2. The van der Waals surface area contributed by atoms with Gasteiger partial charge in [0.05, 0.1) is 6.04 Å². The Morgan fingerprint density at radius 2 is 2.24 bits per heavy atom. The Kier molecular flexibility index (Phi) is 3.27. The molecule has 2 rings (SSSR count). The van der Waals surface area contributed by atoms with Crippen LogP contribution in [0.25, 0.3) is 0 Å². The second kappa shape index (κ2) is 4.70. The van der Waals surface area contributed by atoms with Gasteiger partial charge in [0.1, 0.15) is 6.29 Å². The number of carbonyl (C=O) groups is 2. The second-order valence-electron chi connectivity index (χ2n) is 4.59. The molecule has 1 heterocycles. The smallest absolute Gasteiger partial charge is 0.255 e. The van der Waals surface area contributed by atoms with Gasteiger partial charge < -0.3 is 9.69 Å². The fraction of sp³-hybridized carbons (Fsp3) is 0.429. The molecule has 0 fully saturated rings. The summed E-state index contributed by atoms with van der Waals surface area (Å²) >= 11 is 0. The summed E-state index contributed by atoms with van der Waals surface area (Å²) in [7, 11) is 0. The van der Waals surface area contributed by atoms with Crippen molar-refractivity contribution < 1.29 is 9.59 Å². The van der Waals surface area contributed by atoms with Gasteiger partial charge in [-0.3, -0.25) is 4.79 Å². The van der Waals surface area contributed by atoms with Crippen LogP contribution < -0.4 is 0 Å². The van der Waals surface area contributed by atoms with Gasteiger partial charge in [-0.25, -0.2) is 0 Å². The van der Waals surface area contributed by atoms with Crippen LogP contribution in [0.3, 0.4) is 0 Å². The predicted molar refractivity (Wildman–Crippen MR) is 65.8 cm³/mol. The molecule has 1 unspecified atom stereocenters. The second-order valence-corrected chi connectivity index (χ2v) is 4.59. The lowest BCUT2D eigenvalue weighted by atomic mass is 10.1. The van der Waals surface area contributed by atoms with E-state index in [2.05, 4.69) is 0 Å². The van der Waals surface area contributed by atoms with Crippen molar-refractivity contribution in [2.45, 2.75) is 39.3 Å². The molecule has 0 N–H and O–H groups in total. The minimum absolute atomic E-state index is 0.00875. The van der Waals surface area contributed by atoms with Crippen molar-refractivity contribution in [3.63, 3.8) is 0 Å². The third-order valence-corrected chi connectivity index (χ3v) is 3.23. The van der Waals surface area contributed by atoms with Crippen LogP contribution in [-0.4, -0.2) is 23.1 Å². The molecule has 17 heavy (non-hydrogen) atoms. The molecule has 1 amide bonds. The van der Waals surface area contributed by atoms with E-state index in [9.17, 15) is 9.59 Å². The highest BCUT2D eigenvalue weighted by molar-refractivity contribution is 5.99. The first-order valence-corrected chi connectivity index (χ1v) is 6.03. The maximum Gasteiger partial charge on any atom is 0.255 e. The summed E-state index contributed by atoms with van der Waals surface area (Å²) in [5, 5.41) is 0. The highest BCUT2D eigenvalue weighted by Gasteiger charge is 2.31. The molecule has 0 aromatic heterocycles. The van der Waals surface area contributed by atoms with E-state index in [1.165, 1.54) is 0 Å². The molecule has 0 saturated heterocycles. The molecule has 0 radical (unpaired) electrons. The van der Waals surface area contributed by atoms with Crippen LogP contribution in [0.5, 0.6) is 0 Å². The molecule has 1 aromatic rings. The lowest BCUT2D eigenvalue weighted by Gasteiger charge is -2.22. The molecule has 0 bridgehead atoms. The van der Waals surface area contributed by atoms with Crippen molar-refractivity contribution in [3.8, 4) is 0 Å². The number of aryl methyl sites for hydroxylation is 1. The summed E-state index contributed by atoms with van der Waals surface area (Å²) in [6.07, 6.45) is 2.53. The summed E-state index contributed by atoms with van der Waals surface area (Å²) in [5.74, 6) is -0.00875. The van der Waals surface area contributed by atoms with E-state index in [1.54, 1.807) is 4.90 Å². The first-order valence-electron chi connectivity index (χ1n) is 6.03. The van der Waals surface area contributed by atoms with Crippen molar-refractivity contribution >= 4 is 12.2 Å². The zero-order chi connectivity index (χ0) is 12.4. The fourth-order valence-corrected chi connectivity index (χ4v) is 2.33. The molecule has 1 aliphatic heterocycles. The van der Waals surface area contributed by atoms with Crippen LogP contribution in [0.2, 0.25) is 0 Å². The topological polar surface area (TPSA) is 37.4 Å². The first-order chi connectivity index (χ1) is 8.17. The molecule has 1 aromatic carbocycles. The Labute approximate surface area is 101 Å². The minimum atomic E-state index is -0.278. The molecule has 3 nitrogen and oxygen atoms in total. The van der Waals surface area contributed by atoms with Crippen molar-refractivity contribution in [2.24, 2.45) is 0 Å². The van der Waals surface area contributed by atoms with Crippen molar-refractivity contribution in [1.29, 1.82) is 0 Å². The SMILES string of the molecule is CCCC(C=O)N1Cc2cc(C)ccc2C1=O. The van der Waals surface area contributed by atoms with Crippen LogP contribution in [0, 0.1) is 6.92 Å². The Morgan fingerprint density at radius 3 is 2.88 bits per heavy atom. The van der Waals surface area contributed by atoms with Crippen molar-refractivity contribution in [2.75, 3.05) is 0 Å². The standard InChI is InChI=1S/C14H17NO2/c1-3-4-12(9-16)15-8-11-7-10(2)5-6-13(11)14(15)17/h5-7,9,12H,3-4,8H2,1-2H3. The lowest BCUT2D eigenvalue weighted by Crippen LogP contribution is -2.36. The fourth-order valence-electron chi connectivity index (χ4n) is 2.33. The summed E-state index contributed by atoms with van der Waals surface area (Å²) < 4.78 is 0. The van der Waals surface area contributed by atoms with Crippen molar-refractivity contribution in [1.82, 2.24) is 4.90 Å². The van der Waals surface area contributed by atoms with Crippen LogP contribution in [0.4, 0.5) is 0 Å². The van der Waals surface area contributed by atoms with E-state index in [4.69, 9.17) is 0 Å². The molecule has 90 valence electrons. The highest BCUT2D eigenvalue weighted by atomic mass is 16.2. The number of hydrogen-bond donors (Lipinski definition) is 0. The molecular weight excluding hydrogens is 214 g/mol. The van der Waals surface area contributed by atoms with Crippen LogP contribution in [-0.2, 0) is 11.3 Å². The molecule has 1 aliphatic rings. The summed E-state index contributed by atoms with van der Waals surface area (Å²) in [4.78, 5) is 24.9. The number of carbonyl (C=O) groups excluding carboxylic acids is 2. The van der Waals surface area contributed by atoms with Gasteiger partial charge in [-0.05, 0) is 25.0 Å². The first kappa shape index (κ1) is 11.8. The molecular formula is C14H17NO2. The predicted octanol–water partition coefficient (Wildman–Crippen LogP) is 2.32. The van der Waals surface area contributed by atoms with Gasteiger partial charge in [-0.15, -0.1) is 0 Å². The van der Waals surface area contributed by atoms with Crippen LogP contribution >= 0.6 is 0 Å². The summed E-state index contributed by atoms with van der Waals surface area (Å²) in [5.41, 5.74) is 2.94. The molecule has 1 atom stereocenters. The van der Waals surface area contributed by atoms with E-state index in [-0.39, 0.29) is 11.9 Å². The number of hydrogen-bond acceptors (Lipinski definition) is 2. The Bertz CT molecular complexity index is 454. The number of amides is 1. The Hall–Kier alpha value is -1.64. The highest BCUT2D eigenvalue weighted by Crippen LogP contribution is 2.26. The monoisotopic (exact) mass is 231 g/mol. The summed E-state index contributed by atoms with van der Waals surface area (Å²) in [6, 6.07) is 5.55. The molecule has 3 heteroatoms. The van der Waals surface area contributed by atoms with Crippen LogP contribution in [0.15, 0.2) is 18.2 Å². The summed E-state index contributed by atoms with van der Waals surface area (Å²) in [6.45, 7) is 4.60. The largest absolute Gasteiger partial charge is 0.325 e. The third kappa shape index (κ3) is 2.09. The van der Waals surface area contributed by atoms with Crippen LogP contribution in [0.1, 0.15) is 41.3 Å². The minimum Gasteiger partial charge on any atom is -0.325 e. The number of fused-ring (bicyclic) bond motifs is 1. The quantitative estimate of drug-likeness (QED) is 0.746. The van der Waals surface area contributed by atoms with Crippen molar-refractivity contribution in [3.05, 3.63) is 34.9 Å². The van der Waals surface area contributed by atoms with E-state index in [0.29, 0.717) is 6.54 Å². The number of rotatable bonds is 4. The van der Waals surface area contributed by atoms with Gasteiger partial charge in [0.25, 0.3) is 5.91 Å². The van der Waals surface area contributed by atoms with Gasteiger partial charge >= 0.3 is 0 Å². The average molecular weight is 231 g/mol. The number of nitrogens with zero attached hydrogens (tertiary/aromatic N) is 1. The zero-order valence-corrected chi connectivity index (χ0v) is 10.3. The van der Waals surface area contributed by atoms with Gasteiger partial charge in [0.15, 0.2) is 0 Å². The molecule has 0 aliphatic carbocycles. The normalized spacial score (nSPS) is 15.9. The van der Waals surface area contributed by atoms with E-state index < -0.39 is 0 Å². The average Bonchev–Trinajstić information content (AvgIpc) is 2.63. The lowest BCUT2D eigenvalue weighted by molar-refractivity contribution is -0.112. The number of aldehydes is 1. The van der Waals surface area contributed by atoms with Gasteiger partial charge in [0, 0.05) is 12.1 Å².